The van der Waals surface area contributed by atoms with Gasteiger partial charge in [-0.25, -0.2) is 4.79 Å². The van der Waals surface area contributed by atoms with E-state index < -0.39 is 32.8 Å². The first-order valence-electron chi connectivity index (χ1n) is 11.7. The maximum atomic E-state index is 12.7. The van der Waals surface area contributed by atoms with Crippen molar-refractivity contribution >= 4 is 24.7 Å². The highest BCUT2D eigenvalue weighted by Gasteiger charge is 2.51. The van der Waals surface area contributed by atoms with Gasteiger partial charge in [0.15, 0.2) is 6.29 Å². The zero-order chi connectivity index (χ0) is 24.2. The molecule has 4 rings (SSSR count). The van der Waals surface area contributed by atoms with Gasteiger partial charge in [0, 0.05) is 6.42 Å². The van der Waals surface area contributed by atoms with E-state index in [-0.39, 0.29) is 18.1 Å². The van der Waals surface area contributed by atoms with Crippen molar-refractivity contribution < 1.29 is 23.8 Å². The van der Waals surface area contributed by atoms with Gasteiger partial charge in [0.25, 0.3) is 8.32 Å². The predicted molar refractivity (Wildman–Crippen MR) is 135 cm³/mol. The van der Waals surface area contributed by atoms with Crippen LogP contribution in [-0.4, -0.2) is 44.5 Å². The van der Waals surface area contributed by atoms with Crippen LogP contribution in [0.15, 0.2) is 91.0 Å². The van der Waals surface area contributed by atoms with Crippen LogP contribution in [0.25, 0.3) is 0 Å². The molecule has 1 unspecified atom stereocenters. The molecule has 3 aromatic carbocycles. The molecule has 0 radical (unpaired) electrons. The van der Waals surface area contributed by atoms with Crippen molar-refractivity contribution in [2.45, 2.75) is 50.7 Å². The summed E-state index contributed by atoms with van der Waals surface area (Å²) in [5.74, 6) is -0.432. The molecule has 0 spiro atoms. The van der Waals surface area contributed by atoms with Crippen LogP contribution in [0, 0.1) is 0 Å². The molecule has 3 aromatic rings. The van der Waals surface area contributed by atoms with E-state index in [0.717, 1.165) is 10.4 Å². The van der Waals surface area contributed by atoms with Crippen LogP contribution in [-0.2, 0) is 13.9 Å². The van der Waals surface area contributed by atoms with Crippen molar-refractivity contribution in [2.75, 3.05) is 6.61 Å². The second-order valence-corrected chi connectivity index (χ2v) is 14.0. The van der Waals surface area contributed by atoms with Crippen LogP contribution in [0.4, 0.5) is 0 Å². The first kappa shape index (κ1) is 24.4. The SMILES string of the molecule is CC(C)(C)[Si](OC[C@@H]1OC(O)C[C@@H]1OC(=O)c1ccccc1)(c1ccccc1)c1ccccc1. The summed E-state index contributed by atoms with van der Waals surface area (Å²) >= 11 is 0. The summed E-state index contributed by atoms with van der Waals surface area (Å²) in [5, 5.41) is 12.3. The highest BCUT2D eigenvalue weighted by Crippen LogP contribution is 2.37. The summed E-state index contributed by atoms with van der Waals surface area (Å²) in [5.41, 5.74) is 0.468. The maximum Gasteiger partial charge on any atom is 0.338 e. The number of carbonyl (C=O) groups is 1. The lowest BCUT2D eigenvalue weighted by atomic mass is 10.2. The van der Waals surface area contributed by atoms with Gasteiger partial charge in [0.2, 0.25) is 0 Å². The number of ether oxygens (including phenoxy) is 2. The van der Waals surface area contributed by atoms with Crippen LogP contribution in [0.1, 0.15) is 37.6 Å². The predicted octanol–water partition coefficient (Wildman–Crippen LogP) is 3.90. The largest absolute Gasteiger partial charge is 0.456 e. The first-order valence-corrected chi connectivity index (χ1v) is 13.6. The second-order valence-electron chi connectivity index (χ2n) is 9.65. The zero-order valence-electron chi connectivity index (χ0n) is 19.9. The van der Waals surface area contributed by atoms with Gasteiger partial charge >= 0.3 is 5.97 Å². The Labute approximate surface area is 202 Å². The molecule has 1 N–H and O–H groups in total. The molecule has 0 saturated carbocycles. The van der Waals surface area contributed by atoms with Crippen molar-refractivity contribution in [3.05, 3.63) is 96.6 Å². The van der Waals surface area contributed by atoms with E-state index in [9.17, 15) is 9.90 Å². The van der Waals surface area contributed by atoms with Gasteiger partial charge in [-0.15, -0.1) is 0 Å². The van der Waals surface area contributed by atoms with Crippen molar-refractivity contribution in [1.29, 1.82) is 0 Å². The van der Waals surface area contributed by atoms with E-state index >= 15 is 0 Å². The number of hydrogen-bond donors (Lipinski definition) is 1. The zero-order valence-corrected chi connectivity index (χ0v) is 20.9. The normalized spacial score (nSPS) is 20.8. The number of hydrogen-bond acceptors (Lipinski definition) is 5. The lowest BCUT2D eigenvalue weighted by Gasteiger charge is -2.43. The molecule has 1 fully saturated rings. The molecule has 1 heterocycles. The van der Waals surface area contributed by atoms with E-state index in [1.165, 1.54) is 0 Å². The molecule has 0 bridgehead atoms. The molecular formula is C28H32O5Si. The summed E-state index contributed by atoms with van der Waals surface area (Å²) in [6.45, 7) is 6.82. The van der Waals surface area contributed by atoms with E-state index in [1.807, 2.05) is 42.5 Å². The minimum atomic E-state index is -2.77. The Kier molecular flexibility index (Phi) is 7.33. The highest BCUT2D eigenvalue weighted by atomic mass is 28.4. The number of benzene rings is 3. The van der Waals surface area contributed by atoms with Crippen molar-refractivity contribution in [1.82, 2.24) is 0 Å². The van der Waals surface area contributed by atoms with Gasteiger partial charge in [-0.3, -0.25) is 0 Å². The Balaban J connectivity index is 1.62. The maximum absolute atomic E-state index is 12.7. The minimum Gasteiger partial charge on any atom is -0.456 e. The summed E-state index contributed by atoms with van der Waals surface area (Å²) in [6, 6.07) is 29.5. The fraction of sp³-hybridized carbons (Fsp3) is 0.321. The van der Waals surface area contributed by atoms with Crippen LogP contribution < -0.4 is 10.4 Å². The third kappa shape index (κ3) is 5.00. The standard InChI is InChI=1S/C28H32O5Si/c1-28(2,3)34(22-15-9-5-10-16-22,23-17-11-6-12-18-23)31-20-25-24(19-26(29)32-25)33-27(30)21-13-7-4-8-14-21/h4-18,24-26,29H,19-20H2,1-3H3/t24-,25-,26?/m0/s1. The lowest BCUT2D eigenvalue weighted by Crippen LogP contribution is -2.67. The summed E-state index contributed by atoms with van der Waals surface area (Å²) < 4.78 is 18.4. The van der Waals surface area contributed by atoms with Crippen LogP contribution in [0.5, 0.6) is 0 Å². The molecule has 5 nitrogen and oxygen atoms in total. The Morgan fingerprint density at radius 2 is 1.41 bits per heavy atom. The van der Waals surface area contributed by atoms with Crippen molar-refractivity contribution in [3.63, 3.8) is 0 Å². The Morgan fingerprint density at radius 1 is 0.912 bits per heavy atom. The molecule has 1 saturated heterocycles. The van der Waals surface area contributed by atoms with Gasteiger partial charge in [0.05, 0.1) is 12.2 Å². The smallest absolute Gasteiger partial charge is 0.338 e. The highest BCUT2D eigenvalue weighted by molar-refractivity contribution is 6.99. The van der Waals surface area contributed by atoms with Gasteiger partial charge in [-0.1, -0.05) is 99.6 Å². The van der Waals surface area contributed by atoms with Gasteiger partial charge in [-0.05, 0) is 27.5 Å². The molecule has 178 valence electrons. The van der Waals surface area contributed by atoms with Crippen LogP contribution >= 0.6 is 0 Å². The van der Waals surface area contributed by atoms with E-state index in [0.29, 0.717) is 5.56 Å². The lowest BCUT2D eigenvalue weighted by molar-refractivity contribution is -0.106. The molecule has 1 aliphatic heterocycles. The Bertz CT molecular complexity index is 1030. The van der Waals surface area contributed by atoms with E-state index in [1.54, 1.807) is 24.3 Å². The fourth-order valence-corrected chi connectivity index (χ4v) is 9.28. The Morgan fingerprint density at radius 3 is 1.91 bits per heavy atom. The first-order chi connectivity index (χ1) is 16.3. The molecular weight excluding hydrogens is 444 g/mol. The van der Waals surface area contributed by atoms with E-state index in [4.69, 9.17) is 13.9 Å². The van der Waals surface area contributed by atoms with Crippen LogP contribution in [0.3, 0.4) is 0 Å². The van der Waals surface area contributed by atoms with Crippen molar-refractivity contribution in [2.24, 2.45) is 0 Å². The number of aliphatic hydroxyl groups is 1. The summed E-state index contributed by atoms with van der Waals surface area (Å²) in [6.07, 6.45) is -1.94. The van der Waals surface area contributed by atoms with Crippen molar-refractivity contribution in [3.8, 4) is 0 Å². The number of rotatable bonds is 7. The van der Waals surface area contributed by atoms with Crippen LogP contribution in [0.2, 0.25) is 5.04 Å². The van der Waals surface area contributed by atoms with Gasteiger partial charge in [-0.2, -0.15) is 0 Å². The topological polar surface area (TPSA) is 65.0 Å². The third-order valence-corrected chi connectivity index (χ3v) is 11.3. The molecule has 0 aromatic heterocycles. The second kappa shape index (κ2) is 10.2. The van der Waals surface area contributed by atoms with E-state index in [2.05, 4.69) is 45.0 Å². The minimum absolute atomic E-state index is 0.191. The summed E-state index contributed by atoms with van der Waals surface area (Å²) in [7, 11) is -2.77. The number of aliphatic hydroxyl groups excluding tert-OH is 1. The molecule has 34 heavy (non-hydrogen) atoms. The number of esters is 1. The van der Waals surface area contributed by atoms with Gasteiger partial charge < -0.3 is 19.0 Å². The molecule has 0 amide bonds. The Hall–Kier alpha value is -2.77. The average molecular weight is 477 g/mol. The molecule has 1 aliphatic rings. The average Bonchev–Trinajstić information content (AvgIpc) is 3.19. The van der Waals surface area contributed by atoms with Gasteiger partial charge in [0.1, 0.15) is 12.2 Å². The quantitative estimate of drug-likeness (QED) is 0.414. The summed E-state index contributed by atoms with van der Waals surface area (Å²) in [4.78, 5) is 12.7. The third-order valence-electron chi connectivity index (χ3n) is 6.33. The molecule has 0 aliphatic carbocycles. The molecule has 6 heteroatoms. The monoisotopic (exact) mass is 476 g/mol. The number of carbonyl (C=O) groups excluding carboxylic acids is 1. The molecule has 3 atom stereocenters. The fourth-order valence-electron chi connectivity index (χ4n) is 4.71.